The van der Waals surface area contributed by atoms with Gasteiger partial charge in [0.05, 0.1) is 17.9 Å². The van der Waals surface area contributed by atoms with Gasteiger partial charge in [0.1, 0.15) is 0 Å². The molecule has 0 unspecified atom stereocenters. The van der Waals surface area contributed by atoms with Crippen LogP contribution in [0.2, 0.25) is 0 Å². The second-order valence-electron chi connectivity index (χ2n) is 4.68. The Hall–Kier alpha value is -1.50. The number of aliphatic hydroxyl groups excluding tert-OH is 1. The number of carboxylic acid groups (broad SMARTS) is 1. The highest BCUT2D eigenvalue weighted by atomic mass is 16.4. The van der Waals surface area contributed by atoms with Crippen molar-refractivity contribution in [1.29, 1.82) is 0 Å². The fraction of sp³-hybridized carbons (Fsp3) is 0.538. The van der Waals surface area contributed by atoms with E-state index in [1.165, 1.54) is 6.20 Å². The number of piperazine rings is 1. The number of rotatable bonds is 5. The van der Waals surface area contributed by atoms with Gasteiger partial charge < -0.3 is 10.2 Å². The van der Waals surface area contributed by atoms with Crippen LogP contribution in [0, 0.1) is 0 Å². The lowest BCUT2D eigenvalue weighted by Crippen LogP contribution is -2.46. The van der Waals surface area contributed by atoms with Crippen molar-refractivity contribution in [3.05, 3.63) is 29.6 Å². The number of aromatic carboxylic acids is 1. The van der Waals surface area contributed by atoms with E-state index in [9.17, 15) is 4.79 Å². The SMILES string of the molecule is O=C(O)c1ccc(CN2CCN(CCO)CC2)nc1. The molecule has 1 aliphatic heterocycles. The molecule has 0 bridgehead atoms. The van der Waals surface area contributed by atoms with E-state index in [-0.39, 0.29) is 12.2 Å². The maximum atomic E-state index is 10.7. The fourth-order valence-corrected chi connectivity index (χ4v) is 2.19. The Morgan fingerprint density at radius 1 is 1.21 bits per heavy atom. The lowest BCUT2D eigenvalue weighted by atomic mass is 10.2. The molecule has 0 amide bonds. The Kier molecular flexibility index (Phi) is 4.84. The van der Waals surface area contributed by atoms with Crippen LogP contribution in [0.4, 0.5) is 0 Å². The average molecular weight is 265 g/mol. The summed E-state index contributed by atoms with van der Waals surface area (Å²) in [6, 6.07) is 3.36. The zero-order chi connectivity index (χ0) is 13.7. The molecule has 1 saturated heterocycles. The Labute approximate surface area is 112 Å². The van der Waals surface area contributed by atoms with Crippen molar-refractivity contribution in [1.82, 2.24) is 14.8 Å². The highest BCUT2D eigenvalue weighted by molar-refractivity contribution is 5.87. The first-order valence-electron chi connectivity index (χ1n) is 6.43. The molecule has 0 aromatic carbocycles. The molecule has 0 saturated carbocycles. The van der Waals surface area contributed by atoms with Crippen molar-refractivity contribution in [2.75, 3.05) is 39.3 Å². The van der Waals surface area contributed by atoms with E-state index in [0.717, 1.165) is 45.0 Å². The van der Waals surface area contributed by atoms with Crippen LogP contribution >= 0.6 is 0 Å². The number of aliphatic hydroxyl groups is 1. The van der Waals surface area contributed by atoms with Gasteiger partial charge in [0, 0.05) is 45.5 Å². The fourth-order valence-electron chi connectivity index (χ4n) is 2.19. The molecule has 0 radical (unpaired) electrons. The predicted octanol–water partition coefficient (Wildman–Crippen LogP) is -0.110. The van der Waals surface area contributed by atoms with Crippen molar-refractivity contribution < 1.29 is 15.0 Å². The van der Waals surface area contributed by atoms with Crippen LogP contribution in [0.25, 0.3) is 0 Å². The number of hydrogen-bond acceptors (Lipinski definition) is 5. The smallest absolute Gasteiger partial charge is 0.337 e. The van der Waals surface area contributed by atoms with Crippen LogP contribution in [0.3, 0.4) is 0 Å². The van der Waals surface area contributed by atoms with Gasteiger partial charge in [0.2, 0.25) is 0 Å². The molecule has 6 nitrogen and oxygen atoms in total. The van der Waals surface area contributed by atoms with Crippen LogP contribution < -0.4 is 0 Å². The molecule has 0 aliphatic carbocycles. The summed E-state index contributed by atoms with van der Waals surface area (Å²) in [5, 5.41) is 17.7. The van der Waals surface area contributed by atoms with Crippen LogP contribution in [0.5, 0.6) is 0 Å². The van der Waals surface area contributed by atoms with Crippen LogP contribution in [-0.4, -0.2) is 70.3 Å². The molecule has 2 N–H and O–H groups in total. The van der Waals surface area contributed by atoms with E-state index >= 15 is 0 Å². The molecule has 1 aromatic rings. The van der Waals surface area contributed by atoms with Crippen molar-refractivity contribution in [2.24, 2.45) is 0 Å². The minimum Gasteiger partial charge on any atom is -0.478 e. The average Bonchev–Trinajstić information content (AvgIpc) is 2.42. The van der Waals surface area contributed by atoms with Crippen LogP contribution in [-0.2, 0) is 6.54 Å². The monoisotopic (exact) mass is 265 g/mol. The van der Waals surface area contributed by atoms with E-state index in [2.05, 4.69) is 14.8 Å². The van der Waals surface area contributed by atoms with E-state index in [1.54, 1.807) is 12.1 Å². The second kappa shape index (κ2) is 6.60. The number of β-amino-alcohol motifs (C(OH)–C–C–N with tert-alkyl or cyclic N) is 1. The van der Waals surface area contributed by atoms with E-state index < -0.39 is 5.97 Å². The summed E-state index contributed by atoms with van der Waals surface area (Å²) in [6.45, 7) is 5.48. The van der Waals surface area contributed by atoms with Crippen molar-refractivity contribution in [3.8, 4) is 0 Å². The third kappa shape index (κ3) is 3.99. The van der Waals surface area contributed by atoms with Gasteiger partial charge in [-0.15, -0.1) is 0 Å². The first-order chi connectivity index (χ1) is 9.19. The molecular weight excluding hydrogens is 246 g/mol. The molecule has 0 atom stereocenters. The van der Waals surface area contributed by atoms with E-state index in [0.29, 0.717) is 0 Å². The van der Waals surface area contributed by atoms with Gasteiger partial charge >= 0.3 is 5.97 Å². The van der Waals surface area contributed by atoms with E-state index in [4.69, 9.17) is 10.2 Å². The molecule has 19 heavy (non-hydrogen) atoms. The topological polar surface area (TPSA) is 76.9 Å². The molecule has 0 spiro atoms. The van der Waals surface area contributed by atoms with Gasteiger partial charge in [-0.3, -0.25) is 14.8 Å². The Balaban J connectivity index is 1.83. The van der Waals surface area contributed by atoms with Crippen molar-refractivity contribution >= 4 is 5.97 Å². The summed E-state index contributed by atoms with van der Waals surface area (Å²) in [7, 11) is 0. The first-order valence-corrected chi connectivity index (χ1v) is 6.43. The number of carboxylic acids is 1. The summed E-state index contributed by atoms with van der Waals surface area (Å²) < 4.78 is 0. The Bertz CT molecular complexity index is 414. The predicted molar refractivity (Wildman–Crippen MR) is 70.0 cm³/mol. The Morgan fingerprint density at radius 3 is 2.42 bits per heavy atom. The molecule has 104 valence electrons. The van der Waals surface area contributed by atoms with Crippen LogP contribution in [0.15, 0.2) is 18.3 Å². The minimum absolute atomic E-state index is 0.207. The van der Waals surface area contributed by atoms with Crippen molar-refractivity contribution in [2.45, 2.75) is 6.54 Å². The van der Waals surface area contributed by atoms with E-state index in [1.807, 2.05) is 0 Å². The van der Waals surface area contributed by atoms with Gasteiger partial charge in [0.15, 0.2) is 0 Å². The third-order valence-electron chi connectivity index (χ3n) is 3.34. The number of hydrogen-bond donors (Lipinski definition) is 2. The summed E-state index contributed by atoms with van der Waals surface area (Å²) in [5.41, 5.74) is 1.11. The zero-order valence-electron chi connectivity index (χ0n) is 10.8. The summed E-state index contributed by atoms with van der Waals surface area (Å²) in [4.78, 5) is 19.4. The number of carbonyl (C=O) groups is 1. The molecule has 1 aromatic heterocycles. The summed E-state index contributed by atoms with van der Waals surface area (Å²) in [6.07, 6.45) is 1.40. The number of aromatic nitrogens is 1. The molecule has 2 heterocycles. The van der Waals surface area contributed by atoms with Crippen LogP contribution in [0.1, 0.15) is 16.1 Å². The molecule has 1 aliphatic rings. The maximum absolute atomic E-state index is 10.7. The highest BCUT2D eigenvalue weighted by Gasteiger charge is 2.16. The first kappa shape index (κ1) is 13.9. The van der Waals surface area contributed by atoms with Gasteiger partial charge in [-0.1, -0.05) is 0 Å². The quantitative estimate of drug-likeness (QED) is 0.773. The van der Waals surface area contributed by atoms with Gasteiger partial charge in [-0.05, 0) is 12.1 Å². The lowest BCUT2D eigenvalue weighted by molar-refractivity contribution is 0.0696. The molecule has 6 heteroatoms. The summed E-state index contributed by atoms with van der Waals surface area (Å²) in [5.74, 6) is -0.948. The normalized spacial score (nSPS) is 17.5. The molecule has 2 rings (SSSR count). The largest absolute Gasteiger partial charge is 0.478 e. The van der Waals surface area contributed by atoms with Gasteiger partial charge in [0.25, 0.3) is 0 Å². The molecule has 1 fully saturated rings. The van der Waals surface area contributed by atoms with Gasteiger partial charge in [-0.2, -0.15) is 0 Å². The highest BCUT2D eigenvalue weighted by Crippen LogP contribution is 2.07. The standard InChI is InChI=1S/C13H19N3O3/c17-8-7-15-3-5-16(6-4-15)10-12-2-1-11(9-14-12)13(18)19/h1-2,9,17H,3-8,10H2,(H,18,19). The zero-order valence-corrected chi connectivity index (χ0v) is 10.8. The minimum atomic E-state index is -0.948. The number of pyridine rings is 1. The molecular formula is C13H19N3O3. The lowest BCUT2D eigenvalue weighted by Gasteiger charge is -2.34. The van der Waals surface area contributed by atoms with Gasteiger partial charge in [-0.25, -0.2) is 4.79 Å². The Morgan fingerprint density at radius 2 is 1.89 bits per heavy atom. The van der Waals surface area contributed by atoms with Crippen molar-refractivity contribution in [3.63, 3.8) is 0 Å². The second-order valence-corrected chi connectivity index (χ2v) is 4.68. The third-order valence-corrected chi connectivity index (χ3v) is 3.34. The number of nitrogens with zero attached hydrogens (tertiary/aromatic N) is 3. The summed E-state index contributed by atoms with van der Waals surface area (Å²) >= 11 is 0. The maximum Gasteiger partial charge on any atom is 0.337 e.